The number of fused-ring (bicyclic) bond motifs is 1. The summed E-state index contributed by atoms with van der Waals surface area (Å²) in [4.78, 5) is 30.2. The van der Waals surface area contributed by atoms with Crippen molar-refractivity contribution in [3.8, 4) is 0 Å². The molecule has 7 atom stereocenters. The van der Waals surface area contributed by atoms with Gasteiger partial charge in [-0.3, -0.25) is 9.59 Å². The number of ketones is 2. The van der Waals surface area contributed by atoms with Crippen molar-refractivity contribution < 1.29 is 9.59 Å². The van der Waals surface area contributed by atoms with Gasteiger partial charge in [-0.25, -0.2) is 0 Å². The van der Waals surface area contributed by atoms with Crippen LogP contribution in [0.1, 0.15) is 111 Å². The fourth-order valence-electron chi connectivity index (χ4n) is 12.2. The van der Waals surface area contributed by atoms with Gasteiger partial charge in [0.2, 0.25) is 0 Å². The molecule has 5 aliphatic carbocycles. The molecule has 0 aromatic heterocycles. The Hall–Kier alpha value is -2.68. The maximum Gasteiger partial charge on any atom is 0.182 e. The number of nitrogens with zero attached hydrogens (tertiary/aromatic N) is 1. The summed E-state index contributed by atoms with van der Waals surface area (Å²) in [7, 11) is 0. The van der Waals surface area contributed by atoms with Gasteiger partial charge in [-0.2, -0.15) is 0 Å². The highest BCUT2D eigenvalue weighted by atomic mass is 16.1. The van der Waals surface area contributed by atoms with Crippen molar-refractivity contribution in [3.63, 3.8) is 0 Å². The Balaban J connectivity index is 1.12. The Morgan fingerprint density at radius 3 is 2.46 bits per heavy atom. The van der Waals surface area contributed by atoms with Gasteiger partial charge < -0.3 is 4.90 Å². The van der Waals surface area contributed by atoms with Gasteiger partial charge in [0.25, 0.3) is 0 Å². The van der Waals surface area contributed by atoms with E-state index in [1.807, 2.05) is 18.2 Å². The third-order valence-corrected chi connectivity index (χ3v) is 13.0. The van der Waals surface area contributed by atoms with Crippen LogP contribution in [0.2, 0.25) is 0 Å². The summed E-state index contributed by atoms with van der Waals surface area (Å²) in [5.74, 6) is 1.82. The molecule has 0 N–H and O–H groups in total. The van der Waals surface area contributed by atoms with Gasteiger partial charge in [-0.05, 0) is 102 Å². The van der Waals surface area contributed by atoms with Crippen LogP contribution in [0.5, 0.6) is 0 Å². The molecule has 0 radical (unpaired) electrons. The van der Waals surface area contributed by atoms with Gasteiger partial charge in [-0.15, -0.1) is 0 Å². The Kier molecular flexibility index (Phi) is 4.79. The maximum absolute atomic E-state index is 14.5. The number of Topliss-reactive ketones (excluding diaryl/α,β-unsaturated/α-hetero) is 2. The van der Waals surface area contributed by atoms with Crippen molar-refractivity contribution in [2.45, 2.75) is 84.1 Å². The van der Waals surface area contributed by atoms with Crippen LogP contribution in [-0.2, 0) is 4.79 Å². The molecule has 8 rings (SSSR count). The molecule has 7 unspecified atom stereocenters. The van der Waals surface area contributed by atoms with E-state index in [-0.39, 0.29) is 23.2 Å². The predicted molar refractivity (Wildman–Crippen MR) is 154 cm³/mol. The summed E-state index contributed by atoms with van der Waals surface area (Å²) in [5, 5.41) is 0. The number of carbonyl (C=O) groups is 2. The van der Waals surface area contributed by atoms with Crippen molar-refractivity contribution in [3.05, 3.63) is 77.0 Å². The molecular weight excluding hydrogens is 478 g/mol. The van der Waals surface area contributed by atoms with Gasteiger partial charge in [0.1, 0.15) is 5.78 Å². The smallest absolute Gasteiger partial charge is 0.182 e. The molecule has 39 heavy (non-hydrogen) atoms. The van der Waals surface area contributed by atoms with E-state index in [9.17, 15) is 9.59 Å². The van der Waals surface area contributed by atoms with E-state index in [4.69, 9.17) is 0 Å². The van der Waals surface area contributed by atoms with Gasteiger partial charge in [0, 0.05) is 24.1 Å². The van der Waals surface area contributed by atoms with E-state index in [1.54, 1.807) is 0 Å². The summed E-state index contributed by atoms with van der Waals surface area (Å²) in [6.07, 6.45) is 13.8. The molecule has 2 aromatic rings. The molecule has 0 bridgehead atoms. The van der Waals surface area contributed by atoms with E-state index in [2.05, 4.69) is 68.3 Å². The van der Waals surface area contributed by atoms with Crippen molar-refractivity contribution >= 4 is 17.6 Å². The Labute approximate surface area is 233 Å². The zero-order valence-corrected chi connectivity index (χ0v) is 23.7. The summed E-state index contributed by atoms with van der Waals surface area (Å²) in [6.45, 7) is 7.55. The molecule has 3 heteroatoms. The Morgan fingerprint density at radius 2 is 1.79 bits per heavy atom. The summed E-state index contributed by atoms with van der Waals surface area (Å²) < 4.78 is 0. The molecular formula is C36H41NO2. The third-order valence-electron chi connectivity index (χ3n) is 13.0. The number of hydrogen-bond donors (Lipinski definition) is 0. The SMILES string of the molecule is CC(c1ccccc1)N1C=Cc2c(cccc2C(C(=O)CC23CC4CC5(C)CC(C)(C2)C453)C2CCC2)C(=O)C1. The zero-order chi connectivity index (χ0) is 26.8. The Morgan fingerprint density at radius 1 is 1.00 bits per heavy atom. The number of rotatable bonds is 7. The van der Waals surface area contributed by atoms with E-state index in [0.29, 0.717) is 34.5 Å². The van der Waals surface area contributed by atoms with Crippen molar-refractivity contribution in [2.75, 3.05) is 6.54 Å². The number of benzene rings is 2. The van der Waals surface area contributed by atoms with Crippen LogP contribution in [-0.4, -0.2) is 23.0 Å². The van der Waals surface area contributed by atoms with E-state index in [0.717, 1.165) is 41.9 Å². The average Bonchev–Trinajstić information content (AvgIpc) is 3.02. The average molecular weight is 520 g/mol. The standard InChI is InChI=1S/C36H41NO2/c1-23(24-9-5-4-6-10-24)37-16-15-27-28(31(39)20-37)13-8-14-29(27)32(25-11-7-12-25)30(38)19-35-18-26-17-33(2)21-34(3,22-35)36(26,33)35/h4-6,8-10,13-16,23,25-26,32H,7,11-12,17-22H2,1-3H3. The number of carbonyl (C=O) groups excluding carboxylic acids is 2. The minimum atomic E-state index is -0.0765. The molecule has 6 aliphatic rings. The molecule has 0 amide bonds. The minimum Gasteiger partial charge on any atom is -0.363 e. The molecule has 0 saturated heterocycles. The van der Waals surface area contributed by atoms with Gasteiger partial charge in [-0.1, -0.05) is 68.8 Å². The molecule has 5 saturated carbocycles. The van der Waals surface area contributed by atoms with E-state index < -0.39 is 0 Å². The third kappa shape index (κ3) is 2.80. The van der Waals surface area contributed by atoms with Gasteiger partial charge >= 0.3 is 0 Å². The lowest BCUT2D eigenvalue weighted by Crippen LogP contribution is -2.93. The summed E-state index contributed by atoms with van der Waals surface area (Å²) >= 11 is 0. The Bertz CT molecular complexity index is 1410. The van der Waals surface area contributed by atoms with Gasteiger partial charge in [0.05, 0.1) is 12.6 Å². The molecule has 202 valence electrons. The van der Waals surface area contributed by atoms with Crippen LogP contribution < -0.4 is 0 Å². The van der Waals surface area contributed by atoms with E-state index >= 15 is 0 Å². The quantitative estimate of drug-likeness (QED) is 0.372. The van der Waals surface area contributed by atoms with Crippen molar-refractivity contribution in [2.24, 2.45) is 33.5 Å². The normalized spacial score (nSPS) is 38.8. The molecule has 1 spiro atoms. The van der Waals surface area contributed by atoms with Crippen LogP contribution in [0.15, 0.2) is 54.7 Å². The monoisotopic (exact) mass is 519 g/mol. The first-order valence-corrected chi connectivity index (χ1v) is 15.4. The minimum absolute atomic E-state index is 0.0765. The fourth-order valence-corrected chi connectivity index (χ4v) is 12.2. The molecule has 5 fully saturated rings. The highest BCUT2D eigenvalue weighted by Crippen LogP contribution is 3.02. The van der Waals surface area contributed by atoms with Gasteiger partial charge in [0.15, 0.2) is 5.78 Å². The van der Waals surface area contributed by atoms with Crippen molar-refractivity contribution in [1.82, 2.24) is 4.90 Å². The van der Waals surface area contributed by atoms with Crippen LogP contribution >= 0.6 is 0 Å². The fraction of sp³-hybridized carbons (Fsp3) is 0.556. The second-order valence-electron chi connectivity index (χ2n) is 14.8. The van der Waals surface area contributed by atoms with Crippen LogP contribution in [0.25, 0.3) is 6.08 Å². The first-order chi connectivity index (χ1) is 18.7. The molecule has 1 aliphatic heterocycles. The molecule has 3 nitrogen and oxygen atoms in total. The lowest BCUT2D eigenvalue weighted by atomic mass is 9.04. The van der Waals surface area contributed by atoms with E-state index in [1.165, 1.54) is 37.7 Å². The largest absolute Gasteiger partial charge is 0.363 e. The lowest BCUT2D eigenvalue weighted by molar-refractivity contribution is -0.512. The topological polar surface area (TPSA) is 37.4 Å². The number of hydrogen-bond acceptors (Lipinski definition) is 3. The highest BCUT2D eigenvalue weighted by Gasteiger charge is 2.95. The lowest BCUT2D eigenvalue weighted by Gasteiger charge is -2.99. The zero-order valence-electron chi connectivity index (χ0n) is 23.7. The second kappa shape index (κ2) is 7.74. The highest BCUT2D eigenvalue weighted by molar-refractivity contribution is 6.03. The van der Waals surface area contributed by atoms with Crippen LogP contribution in [0, 0.1) is 33.5 Å². The summed E-state index contributed by atoms with van der Waals surface area (Å²) in [5.41, 5.74) is 5.80. The second-order valence-corrected chi connectivity index (χ2v) is 14.8. The first-order valence-electron chi connectivity index (χ1n) is 15.4. The maximum atomic E-state index is 14.5. The predicted octanol–water partition coefficient (Wildman–Crippen LogP) is 7.98. The van der Waals surface area contributed by atoms with Crippen molar-refractivity contribution in [1.29, 1.82) is 0 Å². The van der Waals surface area contributed by atoms with Crippen LogP contribution in [0.3, 0.4) is 0 Å². The molecule has 2 aromatic carbocycles. The molecule has 1 heterocycles. The first kappa shape index (κ1) is 24.1. The van der Waals surface area contributed by atoms with Crippen LogP contribution in [0.4, 0.5) is 0 Å². The summed E-state index contributed by atoms with van der Waals surface area (Å²) in [6, 6.07) is 16.7.